The third kappa shape index (κ3) is 3.86. The van der Waals surface area contributed by atoms with Crippen molar-refractivity contribution in [3.63, 3.8) is 0 Å². The first kappa shape index (κ1) is 23.2. The maximum atomic E-state index is 12.9. The fourth-order valence-corrected chi connectivity index (χ4v) is 4.75. The minimum absolute atomic E-state index is 0.0454. The zero-order valence-electron chi connectivity index (χ0n) is 18.8. The highest BCUT2D eigenvalue weighted by Gasteiger charge is 2.37. The van der Waals surface area contributed by atoms with Crippen LogP contribution in [0.5, 0.6) is 11.5 Å². The van der Waals surface area contributed by atoms with Gasteiger partial charge in [-0.05, 0) is 36.0 Å². The molecule has 0 saturated carbocycles. The first-order valence-electron chi connectivity index (χ1n) is 10.4. The average Bonchev–Trinajstić information content (AvgIpc) is 3.47. The molecule has 14 heteroatoms. The molecule has 1 saturated heterocycles. The Morgan fingerprint density at radius 3 is 2.53 bits per heavy atom. The Balaban J connectivity index is 1.39. The monoisotopic (exact) mass is 511 g/mol. The minimum atomic E-state index is -0.762. The van der Waals surface area contributed by atoms with Gasteiger partial charge < -0.3 is 14.8 Å². The number of anilines is 1. The van der Waals surface area contributed by atoms with Gasteiger partial charge in [-0.1, -0.05) is 0 Å². The molecule has 1 N–H and O–H groups in total. The Kier molecular flexibility index (Phi) is 5.51. The molecule has 1 aromatic heterocycles. The van der Waals surface area contributed by atoms with Crippen molar-refractivity contribution in [1.82, 2.24) is 14.0 Å². The Labute approximate surface area is 206 Å². The molecule has 0 bridgehead atoms. The van der Waals surface area contributed by atoms with Crippen LogP contribution < -0.4 is 20.5 Å². The van der Waals surface area contributed by atoms with Crippen LogP contribution in [0.3, 0.4) is 0 Å². The first-order chi connectivity index (χ1) is 17.1. The molecule has 184 valence electrons. The summed E-state index contributed by atoms with van der Waals surface area (Å²) in [5, 5.41) is 13.6. The van der Waals surface area contributed by atoms with E-state index in [0.29, 0.717) is 40.0 Å². The molecule has 2 aromatic carbocycles. The standard InChI is InChI=1S/C22H17N5O8S/c1-24-14-5-11(13(27(32)33)8-15(14)25(2)21(24)30)6-18-20(29)26(22(31)36-18)9-19(28)23-12-3-4-16-17(7-12)35-10-34-16/h3-8H,9-10H2,1-2H3,(H,23,28)/b18-6-. The summed E-state index contributed by atoms with van der Waals surface area (Å²) < 4.78 is 13.1. The molecule has 3 amide bonds. The van der Waals surface area contributed by atoms with E-state index in [2.05, 4.69) is 5.32 Å². The summed E-state index contributed by atoms with van der Waals surface area (Å²) in [7, 11) is 3.01. The molecule has 3 aromatic rings. The smallest absolute Gasteiger partial charge is 0.328 e. The van der Waals surface area contributed by atoms with E-state index in [1.165, 1.54) is 41.4 Å². The Bertz CT molecular complexity index is 1590. The number of thioether (sulfide) groups is 1. The van der Waals surface area contributed by atoms with Crippen molar-refractivity contribution in [2.75, 3.05) is 18.7 Å². The van der Waals surface area contributed by atoms with Crippen LogP contribution in [0.15, 0.2) is 40.0 Å². The van der Waals surface area contributed by atoms with Crippen molar-refractivity contribution in [3.8, 4) is 11.5 Å². The molecule has 36 heavy (non-hydrogen) atoms. The Morgan fingerprint density at radius 2 is 1.81 bits per heavy atom. The van der Waals surface area contributed by atoms with Gasteiger partial charge in [0.1, 0.15) is 6.54 Å². The lowest BCUT2D eigenvalue weighted by atomic mass is 10.1. The predicted octanol–water partition coefficient (Wildman–Crippen LogP) is 2.19. The summed E-state index contributed by atoms with van der Waals surface area (Å²) in [6, 6.07) is 7.42. The highest BCUT2D eigenvalue weighted by Crippen LogP contribution is 2.36. The number of rotatable bonds is 5. The number of carbonyl (C=O) groups excluding carboxylic acids is 3. The molecule has 0 unspecified atom stereocenters. The number of nitro benzene ring substituents is 1. The number of imidazole rings is 1. The van der Waals surface area contributed by atoms with Crippen LogP contribution in [-0.2, 0) is 23.7 Å². The van der Waals surface area contributed by atoms with E-state index >= 15 is 0 Å². The lowest BCUT2D eigenvalue weighted by Gasteiger charge is -2.12. The van der Waals surface area contributed by atoms with E-state index in [1.54, 1.807) is 18.2 Å². The van der Waals surface area contributed by atoms with Crippen LogP contribution in [0.2, 0.25) is 0 Å². The third-order valence-corrected chi connectivity index (χ3v) is 6.64. The number of nitrogens with zero attached hydrogens (tertiary/aromatic N) is 4. The summed E-state index contributed by atoms with van der Waals surface area (Å²) in [5.41, 5.74) is 0.496. The van der Waals surface area contributed by atoms with Crippen LogP contribution >= 0.6 is 11.8 Å². The molecule has 2 aliphatic heterocycles. The minimum Gasteiger partial charge on any atom is -0.454 e. The molecule has 0 radical (unpaired) electrons. The number of nitrogens with one attached hydrogen (secondary N) is 1. The summed E-state index contributed by atoms with van der Waals surface area (Å²) in [5.74, 6) is -0.394. The van der Waals surface area contributed by atoms with E-state index in [-0.39, 0.29) is 28.6 Å². The normalized spacial score (nSPS) is 15.8. The molecule has 0 spiro atoms. The van der Waals surface area contributed by atoms with Gasteiger partial charge in [0.25, 0.3) is 16.8 Å². The number of benzene rings is 2. The largest absolute Gasteiger partial charge is 0.454 e. The quantitative estimate of drug-likeness (QED) is 0.308. The first-order valence-corrected chi connectivity index (χ1v) is 11.2. The number of aryl methyl sites for hydroxylation is 2. The highest BCUT2D eigenvalue weighted by molar-refractivity contribution is 8.18. The molecule has 0 atom stereocenters. The number of ether oxygens (including phenoxy) is 2. The number of carbonyl (C=O) groups is 3. The van der Waals surface area contributed by atoms with Crippen LogP contribution in [0.4, 0.5) is 16.2 Å². The zero-order chi connectivity index (χ0) is 25.7. The fraction of sp³-hybridized carbons (Fsp3) is 0.182. The number of amides is 3. The molecule has 5 rings (SSSR count). The van der Waals surface area contributed by atoms with Crippen molar-refractivity contribution < 1.29 is 28.8 Å². The summed E-state index contributed by atoms with van der Waals surface area (Å²) in [6.07, 6.45) is 1.22. The fourth-order valence-electron chi connectivity index (χ4n) is 3.92. The van der Waals surface area contributed by atoms with Crippen LogP contribution in [-0.4, -0.2) is 49.3 Å². The van der Waals surface area contributed by atoms with Gasteiger partial charge in [-0.25, -0.2) is 4.79 Å². The van der Waals surface area contributed by atoms with E-state index in [1.807, 2.05) is 0 Å². The summed E-state index contributed by atoms with van der Waals surface area (Å²) in [6.45, 7) is -0.480. The van der Waals surface area contributed by atoms with E-state index in [0.717, 1.165) is 4.90 Å². The maximum Gasteiger partial charge on any atom is 0.328 e. The van der Waals surface area contributed by atoms with E-state index < -0.39 is 28.5 Å². The summed E-state index contributed by atoms with van der Waals surface area (Å²) in [4.78, 5) is 61.8. The second kappa shape index (κ2) is 8.57. The van der Waals surface area contributed by atoms with Gasteiger partial charge in [-0.15, -0.1) is 0 Å². The molecule has 0 aliphatic carbocycles. The molecule has 13 nitrogen and oxygen atoms in total. The van der Waals surface area contributed by atoms with E-state index in [9.17, 15) is 29.3 Å². The van der Waals surface area contributed by atoms with Gasteiger partial charge in [-0.2, -0.15) is 0 Å². The van der Waals surface area contributed by atoms with Crippen molar-refractivity contribution in [3.05, 3.63) is 61.4 Å². The maximum absolute atomic E-state index is 12.9. The number of fused-ring (bicyclic) bond motifs is 2. The molecule has 3 heterocycles. The molecule has 2 aliphatic rings. The zero-order valence-corrected chi connectivity index (χ0v) is 19.7. The molecular formula is C22H17N5O8S. The molecule has 1 fully saturated rings. The second-order valence-corrected chi connectivity index (χ2v) is 8.93. The number of aromatic nitrogens is 2. The van der Waals surface area contributed by atoms with Crippen molar-refractivity contribution in [1.29, 1.82) is 0 Å². The third-order valence-electron chi connectivity index (χ3n) is 5.74. The van der Waals surface area contributed by atoms with E-state index in [4.69, 9.17) is 9.47 Å². The number of hydrogen-bond acceptors (Lipinski definition) is 9. The van der Waals surface area contributed by atoms with Crippen LogP contribution in [0.25, 0.3) is 17.1 Å². The number of imide groups is 1. The van der Waals surface area contributed by atoms with Crippen LogP contribution in [0, 0.1) is 10.1 Å². The van der Waals surface area contributed by atoms with Gasteiger partial charge in [-0.3, -0.25) is 38.5 Å². The van der Waals surface area contributed by atoms with Crippen molar-refractivity contribution in [2.45, 2.75) is 0 Å². The second-order valence-electron chi connectivity index (χ2n) is 7.94. The highest BCUT2D eigenvalue weighted by atomic mass is 32.2. The Hall–Kier alpha value is -4.59. The van der Waals surface area contributed by atoms with Gasteiger partial charge in [0.2, 0.25) is 12.7 Å². The lowest BCUT2D eigenvalue weighted by Crippen LogP contribution is -2.36. The predicted molar refractivity (Wildman–Crippen MR) is 129 cm³/mol. The summed E-state index contributed by atoms with van der Waals surface area (Å²) >= 11 is 0.565. The van der Waals surface area contributed by atoms with Gasteiger partial charge in [0.05, 0.1) is 26.4 Å². The van der Waals surface area contributed by atoms with Gasteiger partial charge in [0, 0.05) is 31.9 Å². The van der Waals surface area contributed by atoms with Crippen molar-refractivity contribution >= 4 is 57.3 Å². The van der Waals surface area contributed by atoms with Crippen LogP contribution in [0.1, 0.15) is 5.56 Å². The van der Waals surface area contributed by atoms with Gasteiger partial charge in [0.15, 0.2) is 11.5 Å². The van der Waals surface area contributed by atoms with Gasteiger partial charge >= 0.3 is 5.69 Å². The number of nitro groups is 1. The Morgan fingerprint density at radius 1 is 1.11 bits per heavy atom. The lowest BCUT2D eigenvalue weighted by molar-refractivity contribution is -0.385. The average molecular weight is 511 g/mol. The number of hydrogen-bond donors (Lipinski definition) is 1. The topological polar surface area (TPSA) is 155 Å². The van der Waals surface area contributed by atoms with Crippen molar-refractivity contribution in [2.24, 2.45) is 14.1 Å². The SMILES string of the molecule is Cn1c(=O)n(C)c2cc([N+](=O)[O-])c(/C=C3\SC(=O)N(CC(=O)Nc4ccc5c(c4)OCO5)C3=O)cc21. The molecular weight excluding hydrogens is 494 g/mol.